The molecule has 116 valence electrons. The Morgan fingerprint density at radius 3 is 2.81 bits per heavy atom. The molecule has 1 aromatic carbocycles. The second-order valence-electron chi connectivity index (χ2n) is 5.73. The highest BCUT2D eigenvalue weighted by molar-refractivity contribution is 5.94. The average molecular weight is 291 g/mol. The van der Waals surface area contributed by atoms with Gasteiger partial charge in [-0.3, -0.25) is 9.69 Å². The second-order valence-corrected chi connectivity index (χ2v) is 5.73. The van der Waals surface area contributed by atoms with Crippen molar-refractivity contribution in [2.24, 2.45) is 11.7 Å². The Bertz CT molecular complexity index is 470. The van der Waals surface area contributed by atoms with E-state index in [-0.39, 0.29) is 18.6 Å². The van der Waals surface area contributed by atoms with E-state index in [0.29, 0.717) is 12.5 Å². The molecule has 0 saturated carbocycles. The lowest BCUT2D eigenvalue weighted by atomic mass is 9.97. The van der Waals surface area contributed by atoms with Gasteiger partial charge in [-0.15, -0.1) is 0 Å². The molecule has 0 aliphatic carbocycles. The fourth-order valence-electron chi connectivity index (χ4n) is 2.71. The number of likely N-dealkylation sites (tertiary alicyclic amines) is 1. The Morgan fingerprint density at radius 1 is 1.48 bits per heavy atom. The van der Waals surface area contributed by atoms with Gasteiger partial charge in [-0.2, -0.15) is 0 Å². The van der Waals surface area contributed by atoms with Gasteiger partial charge in [0.25, 0.3) is 0 Å². The third-order valence-electron chi connectivity index (χ3n) is 4.26. The molecule has 5 heteroatoms. The first-order valence-electron chi connectivity index (χ1n) is 7.58. The van der Waals surface area contributed by atoms with Gasteiger partial charge in [-0.05, 0) is 56.5 Å². The van der Waals surface area contributed by atoms with Gasteiger partial charge in [0, 0.05) is 18.8 Å². The normalized spacial score (nSPS) is 18.4. The fourth-order valence-corrected chi connectivity index (χ4v) is 2.71. The van der Waals surface area contributed by atoms with Crippen LogP contribution < -0.4 is 11.1 Å². The number of benzene rings is 1. The summed E-state index contributed by atoms with van der Waals surface area (Å²) < 4.78 is 0. The van der Waals surface area contributed by atoms with Gasteiger partial charge in [0.2, 0.25) is 5.91 Å². The van der Waals surface area contributed by atoms with Crippen molar-refractivity contribution in [3.05, 3.63) is 29.8 Å². The van der Waals surface area contributed by atoms with Crippen LogP contribution in [-0.4, -0.2) is 41.7 Å². The maximum Gasteiger partial charge on any atom is 0.241 e. The number of hydrogen-bond donors (Lipinski definition) is 3. The molecule has 1 amide bonds. The maximum absolute atomic E-state index is 12.3. The number of piperidine rings is 1. The zero-order valence-corrected chi connectivity index (χ0v) is 12.6. The molecule has 2 rings (SSSR count). The van der Waals surface area contributed by atoms with E-state index in [2.05, 4.69) is 10.2 Å². The molecular weight excluding hydrogens is 266 g/mol. The highest BCUT2D eigenvalue weighted by atomic mass is 16.3. The summed E-state index contributed by atoms with van der Waals surface area (Å²) in [7, 11) is 0. The monoisotopic (exact) mass is 291 g/mol. The molecule has 0 spiro atoms. The summed E-state index contributed by atoms with van der Waals surface area (Å²) in [4.78, 5) is 14.5. The number of aliphatic hydroxyl groups is 1. The lowest BCUT2D eigenvalue weighted by Gasteiger charge is -2.34. The van der Waals surface area contributed by atoms with Crippen molar-refractivity contribution in [3.63, 3.8) is 0 Å². The molecule has 1 fully saturated rings. The molecule has 0 aromatic heterocycles. The number of carbonyl (C=O) groups is 1. The second kappa shape index (κ2) is 7.54. The summed E-state index contributed by atoms with van der Waals surface area (Å²) >= 11 is 0. The van der Waals surface area contributed by atoms with Gasteiger partial charge in [-0.1, -0.05) is 12.1 Å². The lowest BCUT2D eigenvalue weighted by molar-refractivity contribution is -0.121. The van der Waals surface area contributed by atoms with Crippen LogP contribution in [0, 0.1) is 5.92 Å². The van der Waals surface area contributed by atoms with Crippen LogP contribution in [0.25, 0.3) is 0 Å². The minimum atomic E-state index is -0.161. The number of rotatable bonds is 5. The number of nitrogens with zero attached hydrogens (tertiary/aromatic N) is 1. The van der Waals surface area contributed by atoms with E-state index >= 15 is 0 Å². The number of amides is 1. The van der Waals surface area contributed by atoms with Crippen LogP contribution in [0.2, 0.25) is 0 Å². The molecule has 1 unspecified atom stereocenters. The molecule has 1 atom stereocenters. The van der Waals surface area contributed by atoms with Gasteiger partial charge in [0.05, 0.1) is 6.04 Å². The lowest BCUT2D eigenvalue weighted by Crippen LogP contribution is -2.46. The van der Waals surface area contributed by atoms with Gasteiger partial charge in [0.1, 0.15) is 0 Å². The predicted octanol–water partition coefficient (Wildman–Crippen LogP) is 1.18. The number of anilines is 1. The Kier molecular flexibility index (Phi) is 5.73. The molecule has 21 heavy (non-hydrogen) atoms. The van der Waals surface area contributed by atoms with Crippen molar-refractivity contribution >= 4 is 11.6 Å². The molecule has 0 bridgehead atoms. The van der Waals surface area contributed by atoms with E-state index in [1.165, 1.54) is 0 Å². The average Bonchev–Trinajstić information content (AvgIpc) is 2.54. The zero-order chi connectivity index (χ0) is 15.2. The van der Waals surface area contributed by atoms with Crippen LogP contribution in [-0.2, 0) is 11.3 Å². The van der Waals surface area contributed by atoms with Crippen LogP contribution in [0.3, 0.4) is 0 Å². The molecule has 4 N–H and O–H groups in total. The molecule has 1 aromatic rings. The maximum atomic E-state index is 12.3. The highest BCUT2D eigenvalue weighted by Crippen LogP contribution is 2.19. The van der Waals surface area contributed by atoms with Gasteiger partial charge >= 0.3 is 0 Å². The molecule has 0 radical (unpaired) electrons. The minimum absolute atomic E-state index is 0.00613. The Balaban J connectivity index is 1.90. The molecule has 1 saturated heterocycles. The van der Waals surface area contributed by atoms with E-state index in [9.17, 15) is 4.79 Å². The summed E-state index contributed by atoms with van der Waals surface area (Å²) in [6, 6.07) is 7.46. The molecule has 1 aliphatic heterocycles. The molecule has 5 nitrogen and oxygen atoms in total. The van der Waals surface area contributed by atoms with Crippen molar-refractivity contribution in [2.45, 2.75) is 32.4 Å². The van der Waals surface area contributed by atoms with Crippen LogP contribution in [0.1, 0.15) is 25.3 Å². The van der Waals surface area contributed by atoms with Crippen molar-refractivity contribution in [1.29, 1.82) is 0 Å². The summed E-state index contributed by atoms with van der Waals surface area (Å²) in [5.41, 5.74) is 7.41. The SMILES string of the molecule is CC(C(=O)Nc1cccc(CN)c1)N1CCC(CO)CC1. The van der Waals surface area contributed by atoms with Crippen LogP contribution in [0.5, 0.6) is 0 Å². The van der Waals surface area contributed by atoms with Crippen molar-refractivity contribution in [3.8, 4) is 0 Å². The first kappa shape index (κ1) is 15.9. The van der Waals surface area contributed by atoms with Gasteiger partial charge in [0.15, 0.2) is 0 Å². The summed E-state index contributed by atoms with van der Waals surface area (Å²) in [6.45, 7) is 4.38. The van der Waals surface area contributed by atoms with Gasteiger partial charge < -0.3 is 16.2 Å². The number of aliphatic hydroxyl groups excluding tert-OH is 1. The fraction of sp³-hybridized carbons (Fsp3) is 0.562. The third-order valence-corrected chi connectivity index (χ3v) is 4.26. The molecular formula is C16H25N3O2. The quantitative estimate of drug-likeness (QED) is 0.761. The number of carbonyl (C=O) groups excluding carboxylic acids is 1. The third kappa shape index (κ3) is 4.27. The van der Waals surface area contributed by atoms with Crippen molar-refractivity contribution in [1.82, 2.24) is 4.90 Å². The first-order valence-corrected chi connectivity index (χ1v) is 7.58. The largest absolute Gasteiger partial charge is 0.396 e. The van der Waals surface area contributed by atoms with E-state index in [1.54, 1.807) is 0 Å². The van der Waals surface area contributed by atoms with E-state index < -0.39 is 0 Å². The summed E-state index contributed by atoms with van der Waals surface area (Å²) in [6.07, 6.45) is 1.91. The number of nitrogens with two attached hydrogens (primary N) is 1. The summed E-state index contributed by atoms with van der Waals surface area (Å²) in [5, 5.41) is 12.1. The first-order chi connectivity index (χ1) is 10.1. The van der Waals surface area contributed by atoms with Crippen LogP contribution in [0.4, 0.5) is 5.69 Å². The Morgan fingerprint density at radius 2 is 2.19 bits per heavy atom. The van der Waals surface area contributed by atoms with Crippen molar-refractivity contribution in [2.75, 3.05) is 25.0 Å². The smallest absolute Gasteiger partial charge is 0.241 e. The summed E-state index contributed by atoms with van der Waals surface area (Å²) in [5.74, 6) is 0.393. The number of hydrogen-bond acceptors (Lipinski definition) is 4. The Hall–Kier alpha value is -1.43. The van der Waals surface area contributed by atoms with Crippen LogP contribution in [0.15, 0.2) is 24.3 Å². The Labute approximate surface area is 126 Å². The van der Waals surface area contributed by atoms with E-state index in [1.807, 2.05) is 31.2 Å². The van der Waals surface area contributed by atoms with Crippen molar-refractivity contribution < 1.29 is 9.90 Å². The van der Waals surface area contributed by atoms with E-state index in [0.717, 1.165) is 37.2 Å². The number of nitrogens with one attached hydrogen (secondary N) is 1. The topological polar surface area (TPSA) is 78.6 Å². The highest BCUT2D eigenvalue weighted by Gasteiger charge is 2.26. The van der Waals surface area contributed by atoms with Crippen LogP contribution >= 0.6 is 0 Å². The predicted molar refractivity (Wildman–Crippen MR) is 83.8 cm³/mol. The van der Waals surface area contributed by atoms with Gasteiger partial charge in [-0.25, -0.2) is 0 Å². The van der Waals surface area contributed by atoms with E-state index in [4.69, 9.17) is 10.8 Å². The standard InChI is InChI=1S/C16H25N3O2/c1-12(19-7-5-13(11-20)6-8-19)16(21)18-15-4-2-3-14(9-15)10-17/h2-4,9,12-13,20H,5-8,10-11,17H2,1H3,(H,18,21). The zero-order valence-electron chi connectivity index (χ0n) is 12.6. The minimum Gasteiger partial charge on any atom is -0.396 e. The molecule has 1 aliphatic rings. The molecule has 1 heterocycles.